The summed E-state index contributed by atoms with van der Waals surface area (Å²) >= 11 is 0. The Morgan fingerprint density at radius 3 is 1.72 bits per heavy atom. The molecule has 0 aromatic heterocycles. The molecule has 1 aromatic rings. The highest BCUT2D eigenvalue weighted by Crippen LogP contribution is 2.36. The first-order valence-electron chi connectivity index (χ1n) is 9.31. The molecule has 7 nitrogen and oxygen atoms in total. The Balaban J connectivity index is 2.94. The lowest BCUT2D eigenvalue weighted by atomic mass is 10.0. The number of nitrogens with one attached hydrogen (secondary N) is 2. The van der Waals surface area contributed by atoms with E-state index in [1.807, 2.05) is 0 Å². The van der Waals surface area contributed by atoms with Gasteiger partial charge in [-0.25, -0.2) is 0 Å². The van der Waals surface area contributed by atoms with Crippen molar-refractivity contribution in [2.24, 2.45) is 5.92 Å². The highest BCUT2D eigenvalue weighted by atomic mass is 19.4. The van der Waals surface area contributed by atoms with Gasteiger partial charge in [-0.05, 0) is 37.0 Å². The summed E-state index contributed by atoms with van der Waals surface area (Å²) in [6.45, 7) is 2.99. The largest absolute Gasteiger partial charge is 0.480 e. The number of alkyl halides is 6. The summed E-state index contributed by atoms with van der Waals surface area (Å²) in [6, 6.07) is -2.25. The van der Waals surface area contributed by atoms with Crippen LogP contribution in [0.25, 0.3) is 0 Å². The van der Waals surface area contributed by atoms with Gasteiger partial charge >= 0.3 is 24.3 Å². The van der Waals surface area contributed by atoms with Crippen LogP contribution in [0.2, 0.25) is 0 Å². The molecule has 0 saturated carbocycles. The summed E-state index contributed by atoms with van der Waals surface area (Å²) in [7, 11) is 0. The number of benzene rings is 1. The average molecular weight is 472 g/mol. The molecule has 0 spiro atoms. The van der Waals surface area contributed by atoms with E-state index in [9.17, 15) is 50.9 Å². The molecule has 0 aliphatic rings. The molecule has 2 atom stereocenters. The standard InChI is InChI=1S/C19H22F6N2O5/c1-9(2)5-14(17(31)32)27-13(16(29)30)3-4-26-15(28)10-6-11(18(20,21)22)8-12(7-10)19(23,24)25/h6-9,13-14,27H,3-5H2,1-2H3,(H,26,28)(H,29,30)(H,31,32)/t13-,14?/m0/s1. The van der Waals surface area contributed by atoms with Crippen LogP contribution in [0.4, 0.5) is 26.3 Å². The molecule has 0 aliphatic heterocycles. The molecule has 0 heterocycles. The minimum atomic E-state index is -5.13. The van der Waals surface area contributed by atoms with Crippen LogP contribution in [0.15, 0.2) is 18.2 Å². The second-order valence-electron chi connectivity index (χ2n) is 7.42. The molecular weight excluding hydrogens is 450 g/mol. The first-order chi connectivity index (χ1) is 14.5. The molecule has 32 heavy (non-hydrogen) atoms. The molecule has 1 rings (SSSR count). The number of carbonyl (C=O) groups excluding carboxylic acids is 1. The van der Waals surface area contributed by atoms with Gasteiger partial charge in [0.25, 0.3) is 5.91 Å². The predicted molar refractivity (Wildman–Crippen MR) is 98.8 cm³/mol. The molecule has 0 aliphatic carbocycles. The SMILES string of the molecule is CC(C)CC(N[C@@H](CCNC(=O)c1cc(C(F)(F)F)cc(C(F)(F)F)c1)C(=O)O)C(=O)O. The molecule has 4 N–H and O–H groups in total. The Morgan fingerprint density at radius 1 is 0.875 bits per heavy atom. The molecule has 13 heteroatoms. The first kappa shape index (κ1) is 27.2. The van der Waals surface area contributed by atoms with Gasteiger partial charge in [0.1, 0.15) is 12.1 Å². The number of rotatable bonds is 10. The molecule has 0 saturated heterocycles. The summed E-state index contributed by atoms with van der Waals surface area (Å²) in [6.07, 6.45) is -10.5. The zero-order valence-corrected chi connectivity index (χ0v) is 17.0. The second kappa shape index (κ2) is 10.7. The number of hydrogen-bond acceptors (Lipinski definition) is 4. The van der Waals surface area contributed by atoms with Crippen molar-refractivity contribution in [2.45, 2.75) is 51.1 Å². The van der Waals surface area contributed by atoms with Crippen LogP contribution < -0.4 is 10.6 Å². The third kappa shape index (κ3) is 8.36. The van der Waals surface area contributed by atoms with E-state index in [4.69, 9.17) is 0 Å². The van der Waals surface area contributed by atoms with Gasteiger partial charge in [0, 0.05) is 12.1 Å². The second-order valence-corrected chi connectivity index (χ2v) is 7.42. The van der Waals surface area contributed by atoms with Gasteiger partial charge in [-0.15, -0.1) is 0 Å². The maximum absolute atomic E-state index is 12.9. The Labute approximate surface area is 178 Å². The lowest BCUT2D eigenvalue weighted by molar-refractivity contribution is -0.144. The summed E-state index contributed by atoms with van der Waals surface area (Å²) < 4.78 is 77.4. The maximum Gasteiger partial charge on any atom is 0.416 e. The van der Waals surface area contributed by atoms with Crippen LogP contribution in [0.1, 0.15) is 48.2 Å². The molecule has 0 bridgehead atoms. The minimum absolute atomic E-state index is 0.0820. The number of hydrogen-bond donors (Lipinski definition) is 4. The Kier molecular flexibility index (Phi) is 9.06. The van der Waals surface area contributed by atoms with Crippen molar-refractivity contribution < 1.29 is 50.9 Å². The molecule has 0 radical (unpaired) electrons. The normalized spacial score (nSPS) is 14.2. The van der Waals surface area contributed by atoms with Crippen LogP contribution in [-0.4, -0.2) is 46.7 Å². The van der Waals surface area contributed by atoms with E-state index in [2.05, 4.69) is 10.6 Å². The molecule has 180 valence electrons. The number of halogens is 6. The van der Waals surface area contributed by atoms with E-state index in [0.29, 0.717) is 0 Å². The molecule has 1 unspecified atom stereocenters. The Hall–Kier alpha value is -2.83. The third-order valence-corrected chi connectivity index (χ3v) is 4.27. The van der Waals surface area contributed by atoms with Gasteiger partial charge in [0.2, 0.25) is 0 Å². The van der Waals surface area contributed by atoms with E-state index in [1.54, 1.807) is 13.8 Å². The van der Waals surface area contributed by atoms with Gasteiger partial charge in [0.15, 0.2) is 0 Å². The molecule has 1 amide bonds. The van der Waals surface area contributed by atoms with E-state index < -0.39 is 65.5 Å². The van der Waals surface area contributed by atoms with Crippen molar-refractivity contribution in [3.8, 4) is 0 Å². The fourth-order valence-corrected chi connectivity index (χ4v) is 2.75. The highest BCUT2D eigenvalue weighted by Gasteiger charge is 2.37. The third-order valence-electron chi connectivity index (χ3n) is 4.27. The van der Waals surface area contributed by atoms with Crippen LogP contribution in [0.5, 0.6) is 0 Å². The first-order valence-corrected chi connectivity index (χ1v) is 9.31. The summed E-state index contributed by atoms with van der Waals surface area (Å²) in [5.74, 6) is -4.09. The zero-order chi connectivity index (χ0) is 24.9. The van der Waals surface area contributed by atoms with Crippen molar-refractivity contribution in [3.05, 3.63) is 34.9 Å². The lowest BCUT2D eigenvalue weighted by Crippen LogP contribution is -2.49. The number of carbonyl (C=O) groups is 3. The van der Waals surface area contributed by atoms with E-state index in [1.165, 1.54) is 0 Å². The summed E-state index contributed by atoms with van der Waals surface area (Å²) in [5.41, 5.74) is -4.24. The van der Waals surface area contributed by atoms with Gasteiger partial charge in [-0.3, -0.25) is 19.7 Å². The van der Waals surface area contributed by atoms with Crippen LogP contribution >= 0.6 is 0 Å². The number of amides is 1. The fourth-order valence-electron chi connectivity index (χ4n) is 2.75. The van der Waals surface area contributed by atoms with Gasteiger partial charge in [0.05, 0.1) is 11.1 Å². The summed E-state index contributed by atoms with van der Waals surface area (Å²) in [5, 5.41) is 22.9. The molecule has 1 aromatic carbocycles. The van der Waals surface area contributed by atoms with Crippen molar-refractivity contribution in [1.29, 1.82) is 0 Å². The zero-order valence-electron chi connectivity index (χ0n) is 17.0. The Morgan fingerprint density at radius 2 is 1.34 bits per heavy atom. The van der Waals surface area contributed by atoms with Crippen LogP contribution in [0.3, 0.4) is 0 Å². The number of aliphatic carboxylic acids is 2. The van der Waals surface area contributed by atoms with Gasteiger partial charge in [-0.2, -0.15) is 26.3 Å². The Bertz CT molecular complexity index is 806. The number of carboxylic acid groups (broad SMARTS) is 2. The predicted octanol–water partition coefficient (Wildman–Crippen LogP) is 3.39. The fraction of sp³-hybridized carbons (Fsp3) is 0.526. The highest BCUT2D eigenvalue weighted by molar-refractivity contribution is 5.94. The quantitative estimate of drug-likeness (QED) is 0.388. The minimum Gasteiger partial charge on any atom is -0.480 e. The molecule has 0 fully saturated rings. The van der Waals surface area contributed by atoms with E-state index in [0.717, 1.165) is 0 Å². The average Bonchev–Trinajstić information content (AvgIpc) is 2.63. The lowest BCUT2D eigenvalue weighted by Gasteiger charge is -2.22. The van der Waals surface area contributed by atoms with Gasteiger partial charge < -0.3 is 15.5 Å². The summed E-state index contributed by atoms with van der Waals surface area (Å²) in [4.78, 5) is 34.8. The van der Waals surface area contributed by atoms with Crippen molar-refractivity contribution in [1.82, 2.24) is 10.6 Å². The molecular formula is C19H22F6N2O5. The smallest absolute Gasteiger partial charge is 0.416 e. The number of carboxylic acids is 2. The van der Waals surface area contributed by atoms with E-state index in [-0.39, 0.29) is 37.0 Å². The van der Waals surface area contributed by atoms with E-state index >= 15 is 0 Å². The van der Waals surface area contributed by atoms with Gasteiger partial charge in [-0.1, -0.05) is 13.8 Å². The topological polar surface area (TPSA) is 116 Å². The monoisotopic (exact) mass is 472 g/mol. The maximum atomic E-state index is 12.9. The van der Waals surface area contributed by atoms with Crippen molar-refractivity contribution >= 4 is 17.8 Å². The van der Waals surface area contributed by atoms with Crippen molar-refractivity contribution in [3.63, 3.8) is 0 Å². The van der Waals surface area contributed by atoms with Crippen LogP contribution in [-0.2, 0) is 21.9 Å². The van der Waals surface area contributed by atoms with Crippen molar-refractivity contribution in [2.75, 3.05) is 6.54 Å². The van der Waals surface area contributed by atoms with Crippen LogP contribution in [0, 0.1) is 5.92 Å².